The van der Waals surface area contributed by atoms with Crippen molar-refractivity contribution in [2.24, 2.45) is 0 Å². The molecule has 0 bridgehead atoms. The molecule has 0 unspecified atom stereocenters. The van der Waals surface area contributed by atoms with Crippen LogP contribution in [0.2, 0.25) is 0 Å². The van der Waals surface area contributed by atoms with Crippen molar-refractivity contribution in [1.82, 2.24) is 14.9 Å². The quantitative estimate of drug-likeness (QED) is 0.706. The van der Waals surface area contributed by atoms with Gasteiger partial charge >= 0.3 is 0 Å². The highest BCUT2D eigenvalue weighted by Crippen LogP contribution is 2.34. The van der Waals surface area contributed by atoms with Gasteiger partial charge in [-0.25, -0.2) is 0 Å². The number of amides is 1. The Balaban J connectivity index is 2.00. The second-order valence-electron chi connectivity index (χ2n) is 3.17. The Hall–Kier alpha value is -1.01. The van der Waals surface area contributed by atoms with Crippen molar-refractivity contribution in [1.29, 1.82) is 0 Å². The van der Waals surface area contributed by atoms with Crippen molar-refractivity contribution in [2.45, 2.75) is 18.4 Å². The lowest BCUT2D eigenvalue weighted by Crippen LogP contribution is -2.39. The molecule has 1 aliphatic rings. The average molecular weight is 199 g/mol. The van der Waals surface area contributed by atoms with Crippen molar-refractivity contribution in [3.63, 3.8) is 0 Å². The van der Waals surface area contributed by atoms with Crippen molar-refractivity contribution < 1.29 is 9.90 Å². The minimum absolute atomic E-state index is 0.00493. The van der Waals surface area contributed by atoms with Crippen LogP contribution in [0.15, 0.2) is 6.20 Å². The maximum absolute atomic E-state index is 11.4. The summed E-state index contributed by atoms with van der Waals surface area (Å²) in [6.45, 7) is 0.00493. The summed E-state index contributed by atoms with van der Waals surface area (Å²) in [7, 11) is 0. The Morgan fingerprint density at radius 2 is 2.54 bits per heavy atom. The maximum Gasteiger partial charge on any atom is 0.265 e. The van der Waals surface area contributed by atoms with E-state index in [1.807, 2.05) is 0 Å². The second kappa shape index (κ2) is 3.04. The molecule has 70 valence electrons. The van der Waals surface area contributed by atoms with Gasteiger partial charge in [-0.1, -0.05) is 4.49 Å². The maximum atomic E-state index is 11.4. The van der Waals surface area contributed by atoms with Crippen molar-refractivity contribution >= 4 is 17.4 Å². The van der Waals surface area contributed by atoms with Gasteiger partial charge in [0.25, 0.3) is 5.91 Å². The molecule has 1 aromatic rings. The average Bonchev–Trinajstić information content (AvgIpc) is 2.69. The third-order valence-electron chi connectivity index (χ3n) is 2.12. The van der Waals surface area contributed by atoms with Crippen molar-refractivity contribution in [2.75, 3.05) is 6.61 Å². The van der Waals surface area contributed by atoms with E-state index >= 15 is 0 Å². The van der Waals surface area contributed by atoms with E-state index in [0.29, 0.717) is 4.88 Å². The highest BCUT2D eigenvalue weighted by molar-refractivity contribution is 7.07. The minimum Gasteiger partial charge on any atom is -0.394 e. The summed E-state index contributed by atoms with van der Waals surface area (Å²) < 4.78 is 3.59. The number of rotatable bonds is 3. The highest BCUT2D eigenvalue weighted by atomic mass is 32.1. The lowest BCUT2D eigenvalue weighted by Gasteiger charge is -2.12. The molecule has 13 heavy (non-hydrogen) atoms. The standard InChI is InChI=1S/C7H9N3O2S/c11-4-7(1-2-7)9-6(12)5-3-8-10-13-5/h3,11H,1-2,4H2,(H,9,12). The first-order valence-electron chi connectivity index (χ1n) is 3.96. The van der Waals surface area contributed by atoms with E-state index in [-0.39, 0.29) is 18.1 Å². The summed E-state index contributed by atoms with van der Waals surface area (Å²) in [5.41, 5.74) is -0.360. The first-order valence-corrected chi connectivity index (χ1v) is 4.74. The van der Waals surface area contributed by atoms with E-state index in [2.05, 4.69) is 14.9 Å². The van der Waals surface area contributed by atoms with Crippen LogP contribution in [-0.4, -0.2) is 32.7 Å². The van der Waals surface area contributed by atoms with Crippen LogP contribution >= 0.6 is 11.5 Å². The first kappa shape index (κ1) is 8.58. The molecular formula is C7H9N3O2S. The molecular weight excluding hydrogens is 190 g/mol. The summed E-state index contributed by atoms with van der Waals surface area (Å²) in [6.07, 6.45) is 3.12. The van der Waals surface area contributed by atoms with Crippen LogP contribution in [0.1, 0.15) is 22.5 Å². The predicted octanol–water partition coefficient (Wildman–Crippen LogP) is -0.207. The highest BCUT2D eigenvalue weighted by Gasteiger charge is 2.43. The molecule has 6 heteroatoms. The molecule has 0 spiro atoms. The Labute approximate surface area is 78.9 Å². The summed E-state index contributed by atoms with van der Waals surface area (Å²) in [6, 6.07) is 0. The van der Waals surface area contributed by atoms with Crippen LogP contribution in [0.25, 0.3) is 0 Å². The molecule has 1 fully saturated rings. The van der Waals surface area contributed by atoms with Crippen LogP contribution in [-0.2, 0) is 0 Å². The molecule has 1 aliphatic carbocycles. The van der Waals surface area contributed by atoms with Crippen LogP contribution in [0.4, 0.5) is 0 Å². The molecule has 1 amide bonds. The molecule has 0 aliphatic heterocycles. The number of carbonyl (C=O) groups is 1. The number of aliphatic hydroxyl groups excluding tert-OH is 1. The molecule has 0 radical (unpaired) electrons. The van der Waals surface area contributed by atoms with Gasteiger partial charge in [0, 0.05) is 0 Å². The number of aromatic nitrogens is 2. The van der Waals surface area contributed by atoms with Gasteiger partial charge in [-0.05, 0) is 24.4 Å². The number of aliphatic hydroxyl groups is 1. The fourth-order valence-corrected chi connectivity index (χ4v) is 1.45. The first-order chi connectivity index (χ1) is 6.26. The largest absolute Gasteiger partial charge is 0.394 e. The SMILES string of the molecule is O=C(NC1(CO)CC1)c1cnns1. The van der Waals surface area contributed by atoms with Gasteiger partial charge in [0.2, 0.25) is 0 Å². The molecule has 0 aromatic carbocycles. The molecule has 5 nitrogen and oxygen atoms in total. The van der Waals surface area contributed by atoms with Gasteiger partial charge in [0.15, 0.2) is 0 Å². The van der Waals surface area contributed by atoms with Crippen molar-refractivity contribution in [3.8, 4) is 0 Å². The molecule has 0 saturated heterocycles. The number of hydrogen-bond donors (Lipinski definition) is 2. The Morgan fingerprint density at radius 3 is 3.00 bits per heavy atom. The zero-order valence-electron chi connectivity index (χ0n) is 6.86. The zero-order valence-corrected chi connectivity index (χ0v) is 7.67. The molecule has 1 heterocycles. The van der Waals surface area contributed by atoms with Crippen LogP contribution in [0.3, 0.4) is 0 Å². The van der Waals surface area contributed by atoms with E-state index in [9.17, 15) is 4.79 Å². The minimum atomic E-state index is -0.360. The normalized spacial score (nSPS) is 18.2. The van der Waals surface area contributed by atoms with Crippen LogP contribution in [0.5, 0.6) is 0 Å². The number of nitrogens with one attached hydrogen (secondary N) is 1. The molecule has 2 rings (SSSR count). The Bertz CT molecular complexity index is 308. The smallest absolute Gasteiger partial charge is 0.265 e. The fraction of sp³-hybridized carbons (Fsp3) is 0.571. The Kier molecular flexibility index (Phi) is 2.01. The molecule has 1 aromatic heterocycles. The third-order valence-corrected chi connectivity index (χ3v) is 2.78. The van der Waals surface area contributed by atoms with Crippen LogP contribution < -0.4 is 5.32 Å². The van der Waals surface area contributed by atoms with Gasteiger partial charge in [0.1, 0.15) is 4.88 Å². The monoisotopic (exact) mass is 199 g/mol. The third kappa shape index (κ3) is 1.68. The second-order valence-corrected chi connectivity index (χ2v) is 3.96. The van der Waals surface area contributed by atoms with Crippen molar-refractivity contribution in [3.05, 3.63) is 11.1 Å². The lowest BCUT2D eigenvalue weighted by molar-refractivity contribution is 0.0911. The van der Waals surface area contributed by atoms with Gasteiger partial charge in [-0.3, -0.25) is 4.79 Å². The topological polar surface area (TPSA) is 75.1 Å². The van der Waals surface area contributed by atoms with E-state index in [1.165, 1.54) is 6.20 Å². The van der Waals surface area contributed by atoms with E-state index in [0.717, 1.165) is 24.4 Å². The summed E-state index contributed by atoms with van der Waals surface area (Å²) in [4.78, 5) is 11.9. The van der Waals surface area contributed by atoms with Gasteiger partial charge in [-0.2, -0.15) is 0 Å². The predicted molar refractivity (Wildman–Crippen MR) is 46.4 cm³/mol. The fourth-order valence-electron chi connectivity index (χ4n) is 1.04. The molecule has 1 saturated carbocycles. The summed E-state index contributed by atoms with van der Waals surface area (Å²) >= 11 is 1.06. The van der Waals surface area contributed by atoms with Gasteiger partial charge in [0.05, 0.1) is 18.3 Å². The molecule has 0 atom stereocenters. The van der Waals surface area contributed by atoms with E-state index in [1.54, 1.807) is 0 Å². The Morgan fingerprint density at radius 1 is 1.77 bits per heavy atom. The van der Waals surface area contributed by atoms with Gasteiger partial charge < -0.3 is 10.4 Å². The summed E-state index contributed by atoms with van der Waals surface area (Å²) in [5.74, 6) is -0.193. The molecule has 2 N–H and O–H groups in total. The number of carbonyl (C=O) groups excluding carboxylic acids is 1. The van der Waals surface area contributed by atoms with Gasteiger partial charge in [-0.15, -0.1) is 5.10 Å². The summed E-state index contributed by atoms with van der Waals surface area (Å²) in [5, 5.41) is 15.3. The zero-order chi connectivity index (χ0) is 9.31. The van der Waals surface area contributed by atoms with E-state index < -0.39 is 0 Å². The van der Waals surface area contributed by atoms with Crippen LogP contribution in [0, 0.1) is 0 Å². The van der Waals surface area contributed by atoms with E-state index in [4.69, 9.17) is 5.11 Å². The number of hydrogen-bond acceptors (Lipinski definition) is 5. The number of nitrogens with zero attached hydrogens (tertiary/aromatic N) is 2. The lowest BCUT2D eigenvalue weighted by atomic mass is 10.3.